The van der Waals surface area contributed by atoms with E-state index < -0.39 is 5.97 Å². The Morgan fingerprint density at radius 3 is 2.63 bits per heavy atom. The summed E-state index contributed by atoms with van der Waals surface area (Å²) < 4.78 is 13.7. The third kappa shape index (κ3) is 2.98. The minimum atomic E-state index is -0.734. The number of carboxylic acids is 1. The first-order chi connectivity index (χ1) is 8.90. The molecule has 3 nitrogen and oxygen atoms in total. The van der Waals surface area contributed by atoms with E-state index in [0.717, 1.165) is 18.7 Å². The van der Waals surface area contributed by atoms with Crippen molar-refractivity contribution in [3.8, 4) is 0 Å². The second kappa shape index (κ2) is 5.59. The molecule has 19 heavy (non-hydrogen) atoms. The summed E-state index contributed by atoms with van der Waals surface area (Å²) in [6.45, 7) is 5.37. The minimum absolute atomic E-state index is 0.175. The maximum absolute atomic E-state index is 13.2. The van der Waals surface area contributed by atoms with Crippen LogP contribution in [0.3, 0.4) is 0 Å². The average molecular weight is 330 g/mol. The molecule has 5 heteroatoms. The van der Waals surface area contributed by atoms with Gasteiger partial charge in [-0.05, 0) is 46.5 Å². The zero-order valence-electron chi connectivity index (χ0n) is 10.9. The Morgan fingerprint density at radius 1 is 1.47 bits per heavy atom. The highest BCUT2D eigenvalue weighted by Gasteiger charge is 2.37. The number of nitrogens with zero attached hydrogens (tertiary/aromatic N) is 1. The van der Waals surface area contributed by atoms with Crippen LogP contribution in [0.1, 0.15) is 25.5 Å². The molecule has 1 aromatic rings. The van der Waals surface area contributed by atoms with Crippen molar-refractivity contribution in [2.45, 2.75) is 19.9 Å². The summed E-state index contributed by atoms with van der Waals surface area (Å²) in [5, 5.41) is 8.96. The van der Waals surface area contributed by atoms with Gasteiger partial charge in [-0.15, -0.1) is 0 Å². The highest BCUT2D eigenvalue weighted by Crippen LogP contribution is 2.33. The Kier molecular flexibility index (Phi) is 4.26. The van der Waals surface area contributed by atoms with Crippen LogP contribution in [0.4, 0.5) is 4.39 Å². The van der Waals surface area contributed by atoms with Crippen molar-refractivity contribution >= 4 is 21.9 Å². The predicted octanol–water partition coefficient (Wildman–Crippen LogP) is 3.30. The van der Waals surface area contributed by atoms with Gasteiger partial charge in [-0.3, -0.25) is 9.69 Å². The Labute approximate surface area is 120 Å². The van der Waals surface area contributed by atoms with E-state index in [9.17, 15) is 9.18 Å². The molecule has 0 saturated carbocycles. The van der Waals surface area contributed by atoms with Gasteiger partial charge in [0.2, 0.25) is 0 Å². The SMILES string of the molecule is CC(C(=O)O)C1CN(C(C)c2ccc(F)c(Br)c2)C1. The van der Waals surface area contributed by atoms with Crippen LogP contribution in [0.2, 0.25) is 0 Å². The van der Waals surface area contributed by atoms with Crippen LogP contribution in [0.15, 0.2) is 22.7 Å². The fourth-order valence-corrected chi connectivity index (χ4v) is 2.76. The molecule has 0 aliphatic carbocycles. The van der Waals surface area contributed by atoms with E-state index >= 15 is 0 Å². The van der Waals surface area contributed by atoms with Gasteiger partial charge in [0, 0.05) is 19.1 Å². The maximum Gasteiger partial charge on any atom is 0.306 e. The number of rotatable bonds is 4. The van der Waals surface area contributed by atoms with Gasteiger partial charge < -0.3 is 5.11 Å². The lowest BCUT2D eigenvalue weighted by molar-refractivity contribution is -0.146. The standard InChI is InChI=1S/C14H17BrFNO2/c1-8(14(18)19)11-6-17(7-11)9(2)10-3-4-13(16)12(15)5-10/h3-5,8-9,11H,6-7H2,1-2H3,(H,18,19). The summed E-state index contributed by atoms with van der Waals surface area (Å²) >= 11 is 3.19. The largest absolute Gasteiger partial charge is 0.481 e. The van der Waals surface area contributed by atoms with Gasteiger partial charge in [-0.2, -0.15) is 0 Å². The third-order valence-corrected chi connectivity index (χ3v) is 4.62. The van der Waals surface area contributed by atoms with E-state index in [1.165, 1.54) is 6.07 Å². The highest BCUT2D eigenvalue weighted by molar-refractivity contribution is 9.10. The van der Waals surface area contributed by atoms with E-state index in [0.29, 0.717) is 4.47 Å². The second-order valence-corrected chi connectivity index (χ2v) is 6.04. The molecule has 1 saturated heterocycles. The number of likely N-dealkylation sites (tertiary alicyclic amines) is 1. The number of aliphatic carboxylic acids is 1. The van der Waals surface area contributed by atoms with Crippen LogP contribution in [-0.2, 0) is 4.79 Å². The molecular formula is C14H17BrFNO2. The van der Waals surface area contributed by atoms with Gasteiger partial charge in [0.25, 0.3) is 0 Å². The number of hydrogen-bond donors (Lipinski definition) is 1. The van der Waals surface area contributed by atoms with Crippen LogP contribution >= 0.6 is 15.9 Å². The molecule has 104 valence electrons. The lowest BCUT2D eigenvalue weighted by Crippen LogP contribution is -2.51. The molecule has 0 radical (unpaired) electrons. The number of carbonyl (C=O) groups is 1. The third-order valence-electron chi connectivity index (χ3n) is 4.01. The molecule has 1 aromatic carbocycles. The van der Waals surface area contributed by atoms with Crippen molar-refractivity contribution in [1.82, 2.24) is 4.90 Å². The second-order valence-electron chi connectivity index (χ2n) is 5.19. The Hall–Kier alpha value is -0.940. The van der Waals surface area contributed by atoms with Crippen LogP contribution in [-0.4, -0.2) is 29.1 Å². The van der Waals surface area contributed by atoms with E-state index in [-0.39, 0.29) is 23.7 Å². The molecule has 1 heterocycles. The first-order valence-electron chi connectivity index (χ1n) is 6.32. The van der Waals surface area contributed by atoms with Crippen molar-refractivity contribution in [2.24, 2.45) is 11.8 Å². The zero-order chi connectivity index (χ0) is 14.2. The van der Waals surface area contributed by atoms with E-state index in [4.69, 9.17) is 5.11 Å². The van der Waals surface area contributed by atoms with Crippen LogP contribution in [0.5, 0.6) is 0 Å². The predicted molar refractivity (Wildman–Crippen MR) is 74.4 cm³/mol. The fraction of sp³-hybridized carbons (Fsp3) is 0.500. The maximum atomic E-state index is 13.2. The van der Waals surface area contributed by atoms with Crippen molar-refractivity contribution in [2.75, 3.05) is 13.1 Å². The summed E-state index contributed by atoms with van der Waals surface area (Å²) in [6.07, 6.45) is 0. The zero-order valence-corrected chi connectivity index (χ0v) is 12.5. The molecule has 1 aliphatic rings. The minimum Gasteiger partial charge on any atom is -0.481 e. The lowest BCUT2D eigenvalue weighted by Gasteiger charge is -2.45. The molecule has 0 amide bonds. The topological polar surface area (TPSA) is 40.5 Å². The highest BCUT2D eigenvalue weighted by atomic mass is 79.9. The Morgan fingerprint density at radius 2 is 2.11 bits per heavy atom. The number of benzene rings is 1. The summed E-state index contributed by atoms with van der Waals surface area (Å²) in [5.41, 5.74) is 1.04. The summed E-state index contributed by atoms with van der Waals surface area (Å²) in [7, 11) is 0. The van der Waals surface area contributed by atoms with E-state index in [2.05, 4.69) is 27.8 Å². The first-order valence-corrected chi connectivity index (χ1v) is 7.11. The van der Waals surface area contributed by atoms with Crippen LogP contribution in [0.25, 0.3) is 0 Å². The molecule has 0 bridgehead atoms. The van der Waals surface area contributed by atoms with Crippen molar-refractivity contribution in [1.29, 1.82) is 0 Å². The summed E-state index contributed by atoms with van der Waals surface area (Å²) in [4.78, 5) is 13.1. The Bertz CT molecular complexity index is 488. The molecular weight excluding hydrogens is 313 g/mol. The molecule has 1 N–H and O–H groups in total. The van der Waals surface area contributed by atoms with Gasteiger partial charge >= 0.3 is 5.97 Å². The fourth-order valence-electron chi connectivity index (χ4n) is 2.37. The van der Waals surface area contributed by atoms with E-state index in [1.54, 1.807) is 19.1 Å². The first kappa shape index (κ1) is 14.5. The summed E-state index contributed by atoms with van der Waals surface area (Å²) in [5.74, 6) is -1.09. The number of carboxylic acid groups (broad SMARTS) is 1. The molecule has 2 rings (SSSR count). The molecule has 2 atom stereocenters. The van der Waals surface area contributed by atoms with Gasteiger partial charge in [-0.25, -0.2) is 4.39 Å². The molecule has 2 unspecified atom stereocenters. The number of hydrogen-bond acceptors (Lipinski definition) is 2. The smallest absolute Gasteiger partial charge is 0.306 e. The van der Waals surface area contributed by atoms with Crippen LogP contribution in [0, 0.1) is 17.7 Å². The van der Waals surface area contributed by atoms with Gasteiger partial charge in [0.15, 0.2) is 0 Å². The normalized spacial score (nSPS) is 19.8. The molecule has 1 aliphatic heterocycles. The Balaban J connectivity index is 1.97. The van der Waals surface area contributed by atoms with Gasteiger partial charge in [0.1, 0.15) is 5.82 Å². The quantitative estimate of drug-likeness (QED) is 0.921. The van der Waals surface area contributed by atoms with Crippen LogP contribution < -0.4 is 0 Å². The monoisotopic (exact) mass is 329 g/mol. The number of halogens is 2. The van der Waals surface area contributed by atoms with Crippen molar-refractivity contribution < 1.29 is 14.3 Å². The average Bonchev–Trinajstić information content (AvgIpc) is 2.30. The lowest BCUT2D eigenvalue weighted by atomic mass is 9.85. The summed E-state index contributed by atoms with van der Waals surface area (Å²) in [6, 6.07) is 5.19. The van der Waals surface area contributed by atoms with Gasteiger partial charge in [0.05, 0.1) is 10.4 Å². The molecule has 0 spiro atoms. The molecule has 1 fully saturated rings. The van der Waals surface area contributed by atoms with Gasteiger partial charge in [-0.1, -0.05) is 13.0 Å². The van der Waals surface area contributed by atoms with E-state index in [1.807, 2.05) is 0 Å². The molecule has 0 aromatic heterocycles. The van der Waals surface area contributed by atoms with Crippen molar-refractivity contribution in [3.63, 3.8) is 0 Å². The van der Waals surface area contributed by atoms with Crippen molar-refractivity contribution in [3.05, 3.63) is 34.1 Å².